The Morgan fingerprint density at radius 1 is 1.47 bits per heavy atom. The van der Waals surface area contributed by atoms with Crippen molar-refractivity contribution >= 4 is 0 Å². The van der Waals surface area contributed by atoms with Crippen LogP contribution in [0.2, 0.25) is 0 Å². The highest BCUT2D eigenvalue weighted by Gasteiger charge is 2.07. The van der Waals surface area contributed by atoms with Gasteiger partial charge in [-0.2, -0.15) is 0 Å². The molecule has 0 bridgehead atoms. The van der Waals surface area contributed by atoms with Crippen LogP contribution in [0.15, 0.2) is 18.2 Å². The average molecular weight is 205 g/mol. The van der Waals surface area contributed by atoms with E-state index in [1.807, 2.05) is 25.1 Å². The van der Waals surface area contributed by atoms with Crippen molar-refractivity contribution in [2.75, 3.05) is 13.7 Å². The lowest BCUT2D eigenvalue weighted by atomic mass is 10.1. The van der Waals surface area contributed by atoms with E-state index in [2.05, 4.69) is 5.92 Å². The minimum absolute atomic E-state index is 0.0272. The number of ether oxygens (including phenoxy) is 2. The van der Waals surface area contributed by atoms with Crippen LogP contribution in [0.1, 0.15) is 18.5 Å². The predicted molar refractivity (Wildman–Crippen MR) is 59.9 cm³/mol. The van der Waals surface area contributed by atoms with E-state index in [0.29, 0.717) is 11.5 Å². The van der Waals surface area contributed by atoms with Gasteiger partial charge in [-0.15, -0.1) is 6.42 Å². The molecule has 1 rings (SSSR count). The number of rotatable bonds is 4. The normalized spacial score (nSPS) is 11.6. The molecule has 0 aliphatic carbocycles. The molecule has 1 aromatic rings. The van der Waals surface area contributed by atoms with Crippen LogP contribution in [0.4, 0.5) is 0 Å². The van der Waals surface area contributed by atoms with E-state index in [0.717, 1.165) is 5.56 Å². The molecule has 0 aromatic heterocycles. The summed E-state index contributed by atoms with van der Waals surface area (Å²) in [4.78, 5) is 0. The summed E-state index contributed by atoms with van der Waals surface area (Å²) in [5, 5.41) is 0. The Morgan fingerprint density at radius 3 is 2.73 bits per heavy atom. The molecule has 0 aliphatic rings. The zero-order valence-corrected chi connectivity index (χ0v) is 8.99. The van der Waals surface area contributed by atoms with Crippen molar-refractivity contribution in [1.82, 2.24) is 0 Å². The van der Waals surface area contributed by atoms with Crippen molar-refractivity contribution in [2.45, 2.75) is 13.0 Å². The van der Waals surface area contributed by atoms with Gasteiger partial charge in [-0.3, -0.25) is 0 Å². The van der Waals surface area contributed by atoms with Gasteiger partial charge in [-0.25, -0.2) is 0 Å². The lowest BCUT2D eigenvalue weighted by Crippen LogP contribution is -2.05. The summed E-state index contributed by atoms with van der Waals surface area (Å²) in [7, 11) is 1.59. The van der Waals surface area contributed by atoms with Gasteiger partial charge in [-0.05, 0) is 24.6 Å². The highest BCUT2D eigenvalue weighted by molar-refractivity contribution is 5.43. The third kappa shape index (κ3) is 2.90. The lowest BCUT2D eigenvalue weighted by molar-refractivity contribution is 0.330. The lowest BCUT2D eigenvalue weighted by Gasteiger charge is -2.12. The van der Waals surface area contributed by atoms with Crippen LogP contribution in [-0.2, 0) is 0 Å². The summed E-state index contributed by atoms with van der Waals surface area (Å²) in [6.45, 7) is 2.14. The van der Waals surface area contributed by atoms with Gasteiger partial charge in [0.05, 0.1) is 7.11 Å². The molecule has 0 saturated carbocycles. The van der Waals surface area contributed by atoms with E-state index in [4.69, 9.17) is 21.6 Å². The largest absolute Gasteiger partial charge is 0.493 e. The predicted octanol–water partition coefficient (Wildman–Crippen LogP) is 1.73. The average Bonchev–Trinajstić information content (AvgIpc) is 2.25. The maximum Gasteiger partial charge on any atom is 0.162 e. The van der Waals surface area contributed by atoms with Gasteiger partial charge in [0.25, 0.3) is 0 Å². The first-order valence-electron chi connectivity index (χ1n) is 4.68. The molecule has 0 spiro atoms. The molecular formula is C12H15NO2. The number of hydrogen-bond acceptors (Lipinski definition) is 3. The molecule has 15 heavy (non-hydrogen) atoms. The standard InChI is InChI=1S/C12H15NO2/c1-4-7-15-11-6-5-10(9(2)13)8-12(11)14-3/h1,5-6,8-9H,7,13H2,2-3H3/t9-/m1/s1. The van der Waals surface area contributed by atoms with Gasteiger partial charge >= 0.3 is 0 Å². The first kappa shape index (κ1) is 11.4. The van der Waals surface area contributed by atoms with Crippen LogP contribution < -0.4 is 15.2 Å². The van der Waals surface area contributed by atoms with E-state index in [-0.39, 0.29) is 12.6 Å². The Labute approximate surface area is 90.2 Å². The number of nitrogens with two attached hydrogens (primary N) is 1. The number of benzene rings is 1. The number of terminal acetylenes is 1. The van der Waals surface area contributed by atoms with Crippen molar-refractivity contribution in [1.29, 1.82) is 0 Å². The fourth-order valence-corrected chi connectivity index (χ4v) is 1.21. The Balaban J connectivity index is 2.94. The first-order valence-corrected chi connectivity index (χ1v) is 4.68. The maximum absolute atomic E-state index is 5.76. The Hall–Kier alpha value is -1.66. The molecular weight excluding hydrogens is 190 g/mol. The second-order valence-electron chi connectivity index (χ2n) is 3.19. The molecule has 3 heteroatoms. The second kappa shape index (κ2) is 5.28. The summed E-state index contributed by atoms with van der Waals surface area (Å²) in [5.74, 6) is 3.69. The summed E-state index contributed by atoms with van der Waals surface area (Å²) in [6.07, 6.45) is 5.11. The summed E-state index contributed by atoms with van der Waals surface area (Å²) >= 11 is 0. The van der Waals surface area contributed by atoms with E-state index in [1.54, 1.807) is 7.11 Å². The second-order valence-corrected chi connectivity index (χ2v) is 3.19. The third-order valence-corrected chi connectivity index (χ3v) is 2.02. The Bertz CT molecular complexity index is 366. The third-order valence-electron chi connectivity index (χ3n) is 2.02. The van der Waals surface area contributed by atoms with Gasteiger partial charge < -0.3 is 15.2 Å². The summed E-state index contributed by atoms with van der Waals surface area (Å²) < 4.78 is 10.5. The van der Waals surface area contributed by atoms with E-state index in [9.17, 15) is 0 Å². The number of hydrogen-bond donors (Lipinski definition) is 1. The molecule has 0 saturated heterocycles. The van der Waals surface area contributed by atoms with Crippen LogP contribution in [0.3, 0.4) is 0 Å². The fraction of sp³-hybridized carbons (Fsp3) is 0.333. The monoisotopic (exact) mass is 205 g/mol. The molecule has 0 fully saturated rings. The highest BCUT2D eigenvalue weighted by Crippen LogP contribution is 2.29. The molecule has 2 N–H and O–H groups in total. The minimum atomic E-state index is -0.0272. The van der Waals surface area contributed by atoms with Crippen molar-refractivity contribution in [3.05, 3.63) is 23.8 Å². The van der Waals surface area contributed by atoms with Crippen molar-refractivity contribution in [2.24, 2.45) is 5.73 Å². The Kier molecular flexibility index (Phi) is 4.02. The zero-order valence-electron chi connectivity index (χ0n) is 8.99. The molecule has 1 aromatic carbocycles. The van der Waals surface area contributed by atoms with Crippen LogP contribution in [0.5, 0.6) is 11.5 Å². The minimum Gasteiger partial charge on any atom is -0.493 e. The highest BCUT2D eigenvalue weighted by atomic mass is 16.5. The van der Waals surface area contributed by atoms with Crippen LogP contribution in [0.25, 0.3) is 0 Å². The molecule has 0 amide bonds. The van der Waals surface area contributed by atoms with E-state index >= 15 is 0 Å². The maximum atomic E-state index is 5.76. The van der Waals surface area contributed by atoms with Crippen molar-refractivity contribution in [3.8, 4) is 23.8 Å². The van der Waals surface area contributed by atoms with E-state index in [1.165, 1.54) is 0 Å². The zero-order chi connectivity index (χ0) is 11.3. The van der Waals surface area contributed by atoms with Crippen molar-refractivity contribution in [3.63, 3.8) is 0 Å². The molecule has 0 unspecified atom stereocenters. The van der Waals surface area contributed by atoms with E-state index < -0.39 is 0 Å². The van der Waals surface area contributed by atoms with Gasteiger partial charge in [0.2, 0.25) is 0 Å². The fourth-order valence-electron chi connectivity index (χ4n) is 1.21. The van der Waals surface area contributed by atoms with Crippen LogP contribution in [-0.4, -0.2) is 13.7 Å². The molecule has 3 nitrogen and oxygen atoms in total. The Morgan fingerprint density at radius 2 is 2.20 bits per heavy atom. The summed E-state index contributed by atoms with van der Waals surface area (Å²) in [6, 6.07) is 5.55. The van der Waals surface area contributed by atoms with Gasteiger partial charge in [0, 0.05) is 6.04 Å². The van der Waals surface area contributed by atoms with Gasteiger partial charge in [0.1, 0.15) is 6.61 Å². The smallest absolute Gasteiger partial charge is 0.162 e. The van der Waals surface area contributed by atoms with Crippen LogP contribution >= 0.6 is 0 Å². The van der Waals surface area contributed by atoms with Gasteiger partial charge in [-0.1, -0.05) is 12.0 Å². The van der Waals surface area contributed by atoms with Crippen molar-refractivity contribution < 1.29 is 9.47 Å². The SMILES string of the molecule is C#CCOc1ccc([C@@H](C)N)cc1OC. The topological polar surface area (TPSA) is 44.5 Å². The molecule has 1 atom stereocenters. The quantitative estimate of drug-likeness (QED) is 0.761. The molecule has 0 heterocycles. The molecule has 80 valence electrons. The first-order chi connectivity index (χ1) is 7.19. The number of methoxy groups -OCH3 is 1. The molecule has 0 radical (unpaired) electrons. The summed E-state index contributed by atoms with van der Waals surface area (Å²) in [5.41, 5.74) is 6.76. The molecule has 0 aliphatic heterocycles. The van der Waals surface area contributed by atoms with Gasteiger partial charge in [0.15, 0.2) is 11.5 Å². The van der Waals surface area contributed by atoms with Crippen LogP contribution in [0, 0.1) is 12.3 Å².